The monoisotopic (exact) mass is 666 g/mol. The molecule has 0 aliphatic carbocycles. The quantitative estimate of drug-likeness (QED) is 0.0984. The fraction of sp³-hybridized carbons (Fsp3) is 0.595. The van der Waals surface area contributed by atoms with Crippen molar-refractivity contribution in [2.24, 2.45) is 11.7 Å². The molecular formula is C37H58N6O5. The molecule has 2 aromatic carbocycles. The van der Waals surface area contributed by atoms with Crippen LogP contribution in [0.25, 0.3) is 0 Å². The molecule has 3 rings (SSSR count). The molecule has 48 heavy (non-hydrogen) atoms. The van der Waals surface area contributed by atoms with E-state index < -0.39 is 36.3 Å². The fourth-order valence-corrected chi connectivity index (χ4v) is 5.82. The Labute approximate surface area is 286 Å². The molecule has 1 unspecified atom stereocenters. The number of aliphatic hydroxyl groups excluding tert-OH is 1. The first kappa shape index (κ1) is 39.1. The number of amides is 3. The van der Waals surface area contributed by atoms with Gasteiger partial charge in [0.25, 0.3) is 0 Å². The summed E-state index contributed by atoms with van der Waals surface area (Å²) < 4.78 is 5.56. The van der Waals surface area contributed by atoms with Crippen LogP contribution < -0.4 is 27.0 Å². The van der Waals surface area contributed by atoms with Gasteiger partial charge in [-0.25, -0.2) is 0 Å². The van der Waals surface area contributed by atoms with Gasteiger partial charge in [0.1, 0.15) is 12.3 Å². The zero-order chi connectivity index (χ0) is 34.9. The molecule has 0 spiro atoms. The molecule has 1 aliphatic rings. The van der Waals surface area contributed by atoms with Gasteiger partial charge in [0.2, 0.25) is 17.7 Å². The van der Waals surface area contributed by atoms with Gasteiger partial charge in [0.15, 0.2) is 0 Å². The third-order valence-electron chi connectivity index (χ3n) is 8.41. The van der Waals surface area contributed by atoms with Gasteiger partial charge < -0.3 is 36.4 Å². The van der Waals surface area contributed by atoms with Crippen LogP contribution in [-0.2, 0) is 32.0 Å². The van der Waals surface area contributed by atoms with E-state index in [2.05, 4.69) is 35.1 Å². The Kier molecular flexibility index (Phi) is 17.0. The molecule has 0 radical (unpaired) electrons. The van der Waals surface area contributed by atoms with Crippen LogP contribution in [0.1, 0.15) is 64.5 Å². The molecule has 1 heterocycles. The maximum absolute atomic E-state index is 13.9. The number of ether oxygens (including phenoxy) is 1. The molecule has 1 fully saturated rings. The SMILES string of the molecule is CC(C)C[C@@H](NC(O)[C@@H](Cc1ccccc1)NC(=O)[C@H](N)Cc1ccccc1)C(=O)N[C@H](CCCNC(C)C)C(=O)N1CCCOCC1. The van der Waals surface area contributed by atoms with E-state index in [1.54, 1.807) is 4.90 Å². The maximum atomic E-state index is 13.9. The van der Waals surface area contributed by atoms with Crippen molar-refractivity contribution in [1.82, 2.24) is 26.2 Å². The molecule has 1 aliphatic heterocycles. The summed E-state index contributed by atoms with van der Waals surface area (Å²) in [6.07, 6.45) is 1.72. The minimum Gasteiger partial charge on any atom is -0.380 e. The first-order chi connectivity index (χ1) is 23.0. The maximum Gasteiger partial charge on any atom is 0.245 e. The lowest BCUT2D eigenvalue weighted by atomic mass is 9.99. The number of nitrogens with one attached hydrogen (secondary N) is 4. The molecule has 5 atom stereocenters. The third kappa shape index (κ3) is 14.0. The van der Waals surface area contributed by atoms with Gasteiger partial charge in [-0.05, 0) is 62.1 Å². The Bertz CT molecular complexity index is 1220. The van der Waals surface area contributed by atoms with E-state index in [1.807, 2.05) is 74.5 Å². The number of hydrogen-bond donors (Lipinski definition) is 6. The molecule has 1 saturated heterocycles. The van der Waals surface area contributed by atoms with Crippen LogP contribution in [0.5, 0.6) is 0 Å². The second-order valence-corrected chi connectivity index (χ2v) is 13.5. The minimum absolute atomic E-state index is 0.106. The van der Waals surface area contributed by atoms with E-state index >= 15 is 0 Å². The zero-order valence-corrected chi connectivity index (χ0v) is 29.2. The van der Waals surface area contributed by atoms with Crippen molar-refractivity contribution in [1.29, 1.82) is 0 Å². The average Bonchev–Trinajstić information content (AvgIpc) is 3.35. The number of carbonyl (C=O) groups is 3. The largest absolute Gasteiger partial charge is 0.380 e. The van der Waals surface area contributed by atoms with Gasteiger partial charge in [-0.3, -0.25) is 19.7 Å². The molecular weight excluding hydrogens is 608 g/mol. The summed E-state index contributed by atoms with van der Waals surface area (Å²) in [5.74, 6) is -0.778. The second kappa shape index (κ2) is 20.9. The van der Waals surface area contributed by atoms with E-state index in [9.17, 15) is 19.5 Å². The van der Waals surface area contributed by atoms with Crippen LogP contribution in [0.3, 0.4) is 0 Å². The van der Waals surface area contributed by atoms with Crippen molar-refractivity contribution >= 4 is 17.7 Å². The van der Waals surface area contributed by atoms with Crippen LogP contribution in [-0.4, -0.2) is 97.0 Å². The first-order valence-corrected chi connectivity index (χ1v) is 17.5. The second-order valence-electron chi connectivity index (χ2n) is 13.5. The Hall–Kier alpha value is -3.35. The molecule has 0 bridgehead atoms. The molecule has 11 heteroatoms. The summed E-state index contributed by atoms with van der Waals surface area (Å²) in [5, 5.41) is 24.0. The number of aliphatic hydroxyl groups is 1. The van der Waals surface area contributed by atoms with Crippen molar-refractivity contribution in [3.05, 3.63) is 71.8 Å². The summed E-state index contributed by atoms with van der Waals surface area (Å²) in [6, 6.07) is 16.3. The van der Waals surface area contributed by atoms with Crippen molar-refractivity contribution in [2.45, 2.75) is 103 Å². The van der Waals surface area contributed by atoms with Crippen LogP contribution in [0.4, 0.5) is 0 Å². The smallest absolute Gasteiger partial charge is 0.245 e. The molecule has 266 valence electrons. The number of rotatable bonds is 19. The summed E-state index contributed by atoms with van der Waals surface area (Å²) in [7, 11) is 0. The highest BCUT2D eigenvalue weighted by Crippen LogP contribution is 2.13. The van der Waals surface area contributed by atoms with Crippen LogP contribution >= 0.6 is 0 Å². The third-order valence-corrected chi connectivity index (χ3v) is 8.41. The predicted molar refractivity (Wildman–Crippen MR) is 189 cm³/mol. The van der Waals surface area contributed by atoms with Crippen molar-refractivity contribution < 1.29 is 24.2 Å². The van der Waals surface area contributed by atoms with Crippen molar-refractivity contribution in [2.75, 3.05) is 32.8 Å². The Morgan fingerprint density at radius 2 is 1.50 bits per heavy atom. The van der Waals surface area contributed by atoms with Gasteiger partial charge in [0, 0.05) is 25.7 Å². The van der Waals surface area contributed by atoms with Crippen molar-refractivity contribution in [3.8, 4) is 0 Å². The molecule has 0 aromatic heterocycles. The lowest BCUT2D eigenvalue weighted by molar-refractivity contribution is -0.137. The summed E-state index contributed by atoms with van der Waals surface area (Å²) in [5.41, 5.74) is 8.14. The highest BCUT2D eigenvalue weighted by molar-refractivity contribution is 5.90. The van der Waals surface area contributed by atoms with E-state index in [-0.39, 0.29) is 17.7 Å². The van der Waals surface area contributed by atoms with E-state index in [4.69, 9.17) is 10.5 Å². The van der Waals surface area contributed by atoms with E-state index in [0.717, 1.165) is 24.1 Å². The molecule has 0 saturated carbocycles. The van der Waals surface area contributed by atoms with Crippen LogP contribution in [0.2, 0.25) is 0 Å². The molecule has 3 amide bonds. The van der Waals surface area contributed by atoms with E-state index in [1.165, 1.54) is 0 Å². The number of hydrogen-bond acceptors (Lipinski definition) is 8. The highest BCUT2D eigenvalue weighted by Gasteiger charge is 2.32. The molecule has 7 N–H and O–H groups in total. The van der Waals surface area contributed by atoms with Gasteiger partial charge in [0.05, 0.1) is 24.7 Å². The van der Waals surface area contributed by atoms with Crippen molar-refractivity contribution in [3.63, 3.8) is 0 Å². The minimum atomic E-state index is -1.28. The topological polar surface area (TPSA) is 158 Å². The van der Waals surface area contributed by atoms with Gasteiger partial charge in [-0.2, -0.15) is 0 Å². The zero-order valence-electron chi connectivity index (χ0n) is 29.2. The standard InChI is InChI=1S/C37H58N6O5/c1-26(2)23-32(35(45)40-31(17-11-18-39-27(3)4)37(47)43-19-12-21-48-22-20-43)42-36(46)33(25-29-15-9-6-10-16-29)41-34(44)30(38)24-28-13-7-5-8-14-28/h5-10,13-16,26-27,30-33,36,39,42,46H,11-12,17-25,38H2,1-4H3,(H,40,45)(H,41,44)/t30-,31-,32-,33-,36?/m1/s1. The normalized spacial score (nSPS) is 16.9. The lowest BCUT2D eigenvalue weighted by Crippen LogP contribution is -2.60. The van der Waals surface area contributed by atoms with Gasteiger partial charge >= 0.3 is 0 Å². The Balaban J connectivity index is 1.76. The number of nitrogens with zero attached hydrogens (tertiary/aromatic N) is 1. The van der Waals surface area contributed by atoms with E-state index in [0.29, 0.717) is 64.4 Å². The van der Waals surface area contributed by atoms with Gasteiger partial charge in [-0.1, -0.05) is 88.4 Å². The first-order valence-electron chi connectivity index (χ1n) is 17.5. The van der Waals surface area contributed by atoms with Crippen LogP contribution in [0, 0.1) is 5.92 Å². The highest BCUT2D eigenvalue weighted by atomic mass is 16.5. The predicted octanol–water partition coefficient (Wildman–Crippen LogP) is 2.12. The average molecular weight is 667 g/mol. The fourth-order valence-electron chi connectivity index (χ4n) is 5.82. The van der Waals surface area contributed by atoms with Crippen LogP contribution in [0.15, 0.2) is 60.7 Å². The summed E-state index contributed by atoms with van der Waals surface area (Å²) in [4.78, 5) is 42.7. The number of nitrogens with two attached hydrogens (primary N) is 1. The summed E-state index contributed by atoms with van der Waals surface area (Å²) in [6.45, 7) is 11.0. The number of benzene rings is 2. The van der Waals surface area contributed by atoms with Gasteiger partial charge in [-0.15, -0.1) is 0 Å². The lowest BCUT2D eigenvalue weighted by Gasteiger charge is -2.32. The molecule has 11 nitrogen and oxygen atoms in total. The number of carbonyl (C=O) groups excluding carboxylic acids is 3. The Morgan fingerprint density at radius 1 is 0.854 bits per heavy atom. The molecule has 2 aromatic rings. The Morgan fingerprint density at radius 3 is 2.12 bits per heavy atom. The summed E-state index contributed by atoms with van der Waals surface area (Å²) >= 11 is 0.